The topological polar surface area (TPSA) is 88.9 Å². The van der Waals surface area contributed by atoms with Crippen molar-refractivity contribution in [1.29, 1.82) is 0 Å². The summed E-state index contributed by atoms with van der Waals surface area (Å²) in [6.45, 7) is 1.92. The van der Waals surface area contributed by atoms with Crippen molar-refractivity contribution in [2.45, 2.75) is 25.7 Å². The van der Waals surface area contributed by atoms with Crippen LogP contribution in [0.2, 0.25) is 5.02 Å². The lowest BCUT2D eigenvalue weighted by molar-refractivity contribution is -0.137. The third-order valence-corrected chi connectivity index (χ3v) is 4.65. The highest BCUT2D eigenvalue weighted by molar-refractivity contribution is 6.33. The van der Waals surface area contributed by atoms with Crippen LogP contribution in [-0.2, 0) is 17.5 Å². The summed E-state index contributed by atoms with van der Waals surface area (Å²) < 4.78 is 38.8. The van der Waals surface area contributed by atoms with Crippen molar-refractivity contribution in [3.63, 3.8) is 0 Å². The Morgan fingerprint density at radius 3 is 2.48 bits per heavy atom. The van der Waals surface area contributed by atoms with E-state index >= 15 is 0 Å². The van der Waals surface area contributed by atoms with Gasteiger partial charge in [0.2, 0.25) is 5.91 Å². The van der Waals surface area contributed by atoms with Crippen LogP contribution >= 0.6 is 11.6 Å². The van der Waals surface area contributed by atoms with Gasteiger partial charge in [0.25, 0.3) is 5.56 Å². The van der Waals surface area contributed by atoms with Gasteiger partial charge in [0.05, 0.1) is 17.4 Å². The van der Waals surface area contributed by atoms with Crippen molar-refractivity contribution >= 4 is 23.2 Å². The molecule has 3 aromatic rings. The molecule has 7 nitrogen and oxygen atoms in total. The van der Waals surface area contributed by atoms with Crippen molar-refractivity contribution < 1.29 is 18.0 Å². The van der Waals surface area contributed by atoms with Crippen LogP contribution in [0.1, 0.15) is 18.1 Å². The van der Waals surface area contributed by atoms with Gasteiger partial charge in [-0.2, -0.15) is 23.0 Å². The Labute approximate surface area is 179 Å². The number of aromatic nitrogens is 3. The number of hydrogen-bond donors (Lipinski definition) is 2. The lowest BCUT2D eigenvalue weighted by atomic mass is 10.2. The molecule has 0 saturated heterocycles. The fraction of sp³-hybridized carbons (Fsp3) is 0.200. The van der Waals surface area contributed by atoms with Crippen LogP contribution in [-0.4, -0.2) is 26.7 Å². The largest absolute Gasteiger partial charge is 0.417 e. The summed E-state index contributed by atoms with van der Waals surface area (Å²) >= 11 is 6.10. The Morgan fingerprint density at radius 2 is 1.87 bits per heavy atom. The summed E-state index contributed by atoms with van der Waals surface area (Å²) in [4.78, 5) is 28.4. The fourth-order valence-corrected chi connectivity index (χ4v) is 2.80. The van der Waals surface area contributed by atoms with Crippen molar-refractivity contribution in [2.75, 3.05) is 5.32 Å². The maximum atomic E-state index is 12.7. The van der Waals surface area contributed by atoms with E-state index in [0.717, 1.165) is 22.4 Å². The van der Waals surface area contributed by atoms with Crippen LogP contribution < -0.4 is 16.2 Å². The van der Waals surface area contributed by atoms with Crippen LogP contribution in [0.3, 0.4) is 0 Å². The molecule has 0 bridgehead atoms. The van der Waals surface area contributed by atoms with E-state index in [0.29, 0.717) is 12.7 Å². The van der Waals surface area contributed by atoms with E-state index in [2.05, 4.69) is 20.7 Å². The van der Waals surface area contributed by atoms with Crippen LogP contribution in [0, 0.1) is 0 Å². The molecular weight excluding hydrogens is 435 g/mol. The zero-order valence-electron chi connectivity index (χ0n) is 16.2. The molecule has 0 aliphatic heterocycles. The van der Waals surface area contributed by atoms with Gasteiger partial charge in [-0.1, -0.05) is 41.9 Å². The van der Waals surface area contributed by atoms with Gasteiger partial charge < -0.3 is 10.6 Å². The normalized spacial score (nSPS) is 12.3. The molecule has 1 atom stereocenters. The monoisotopic (exact) mass is 451 g/mol. The van der Waals surface area contributed by atoms with E-state index in [1.54, 1.807) is 6.92 Å². The number of rotatable bonds is 6. The number of hydrogen-bond acceptors (Lipinski definition) is 5. The van der Waals surface area contributed by atoms with Gasteiger partial charge >= 0.3 is 6.18 Å². The number of alkyl halides is 3. The Bertz CT molecular complexity index is 1120. The number of halogens is 4. The van der Waals surface area contributed by atoms with Crippen molar-refractivity contribution in [1.82, 2.24) is 20.1 Å². The van der Waals surface area contributed by atoms with Gasteiger partial charge in [0.15, 0.2) is 5.82 Å². The molecule has 0 aliphatic rings. The number of benzene rings is 1. The first-order chi connectivity index (χ1) is 14.7. The minimum atomic E-state index is -4.55. The molecule has 0 aliphatic carbocycles. The van der Waals surface area contributed by atoms with Gasteiger partial charge in [-0.05, 0) is 24.6 Å². The Balaban J connectivity index is 1.71. The number of carbonyl (C=O) groups is 1. The molecule has 0 radical (unpaired) electrons. The van der Waals surface area contributed by atoms with E-state index in [9.17, 15) is 22.8 Å². The van der Waals surface area contributed by atoms with Crippen LogP contribution in [0.15, 0.2) is 59.7 Å². The quantitative estimate of drug-likeness (QED) is 0.599. The summed E-state index contributed by atoms with van der Waals surface area (Å²) in [6, 6.07) is 10.4. The van der Waals surface area contributed by atoms with Gasteiger partial charge in [-0.15, -0.1) is 0 Å². The first-order valence-electron chi connectivity index (χ1n) is 9.06. The van der Waals surface area contributed by atoms with Gasteiger partial charge in [0, 0.05) is 12.7 Å². The van der Waals surface area contributed by atoms with Gasteiger partial charge in [-0.25, -0.2) is 4.98 Å². The molecule has 3 rings (SSSR count). The molecule has 1 aromatic carbocycles. The summed E-state index contributed by atoms with van der Waals surface area (Å²) in [5.74, 6) is -0.450. The molecule has 2 heterocycles. The van der Waals surface area contributed by atoms with E-state index in [1.807, 2.05) is 30.3 Å². The number of carbonyl (C=O) groups excluding carboxylic acids is 1. The highest BCUT2D eigenvalue weighted by Crippen LogP contribution is 2.28. The zero-order chi connectivity index (χ0) is 22.6. The molecule has 2 aromatic heterocycles. The lowest BCUT2D eigenvalue weighted by Crippen LogP contribution is -2.37. The molecule has 0 fully saturated rings. The third-order valence-electron chi connectivity index (χ3n) is 4.29. The van der Waals surface area contributed by atoms with Crippen LogP contribution in [0.5, 0.6) is 0 Å². The average molecular weight is 452 g/mol. The van der Waals surface area contributed by atoms with Crippen LogP contribution in [0.25, 0.3) is 5.82 Å². The highest BCUT2D eigenvalue weighted by atomic mass is 35.5. The van der Waals surface area contributed by atoms with E-state index in [4.69, 9.17) is 11.6 Å². The molecule has 0 saturated carbocycles. The van der Waals surface area contributed by atoms with Crippen molar-refractivity contribution in [3.8, 4) is 5.82 Å². The summed E-state index contributed by atoms with van der Waals surface area (Å²) in [5.41, 5.74) is -0.716. The van der Waals surface area contributed by atoms with E-state index < -0.39 is 23.3 Å². The number of anilines is 1. The second-order valence-electron chi connectivity index (χ2n) is 6.56. The first-order valence-corrected chi connectivity index (χ1v) is 9.44. The van der Waals surface area contributed by atoms with Crippen molar-refractivity contribution in [2.24, 2.45) is 0 Å². The Morgan fingerprint density at radius 1 is 1.16 bits per heavy atom. The number of pyridine rings is 1. The summed E-state index contributed by atoms with van der Waals surface area (Å²) in [7, 11) is 0. The average Bonchev–Trinajstić information content (AvgIpc) is 2.75. The minimum absolute atomic E-state index is 0.109. The SMILES string of the molecule is CC(Nc1cnn(-c2ccc(C(F)(F)F)cn2)c(=O)c1Cl)C(=O)NCc1ccccc1. The van der Waals surface area contributed by atoms with E-state index in [1.165, 1.54) is 6.20 Å². The van der Waals surface area contributed by atoms with Crippen LogP contribution in [0.4, 0.5) is 18.9 Å². The number of nitrogens with zero attached hydrogens (tertiary/aromatic N) is 3. The maximum absolute atomic E-state index is 12.7. The maximum Gasteiger partial charge on any atom is 0.417 e. The third kappa shape index (κ3) is 5.40. The number of amides is 1. The molecule has 0 spiro atoms. The molecule has 31 heavy (non-hydrogen) atoms. The molecule has 11 heteroatoms. The minimum Gasteiger partial charge on any atom is -0.371 e. The summed E-state index contributed by atoms with van der Waals surface area (Å²) in [6.07, 6.45) is -2.75. The fourth-order valence-electron chi connectivity index (χ4n) is 2.61. The second-order valence-corrected chi connectivity index (χ2v) is 6.94. The lowest BCUT2D eigenvalue weighted by Gasteiger charge is -2.16. The molecular formula is C20H17ClF3N5O2. The first kappa shape index (κ1) is 22.3. The predicted octanol–water partition coefficient (Wildman–Crippen LogP) is 3.42. The Hall–Kier alpha value is -3.40. The van der Waals surface area contributed by atoms with E-state index in [-0.39, 0.29) is 22.4 Å². The highest BCUT2D eigenvalue weighted by Gasteiger charge is 2.30. The van der Waals surface area contributed by atoms with Gasteiger partial charge in [-0.3, -0.25) is 9.59 Å². The zero-order valence-corrected chi connectivity index (χ0v) is 16.9. The molecule has 1 amide bonds. The molecule has 1 unspecified atom stereocenters. The predicted molar refractivity (Wildman–Crippen MR) is 109 cm³/mol. The van der Waals surface area contributed by atoms with Crippen molar-refractivity contribution in [3.05, 3.63) is 81.4 Å². The molecule has 2 N–H and O–H groups in total. The number of nitrogens with one attached hydrogen (secondary N) is 2. The summed E-state index contributed by atoms with van der Waals surface area (Å²) in [5, 5.41) is 9.17. The second kappa shape index (κ2) is 9.17. The molecule has 162 valence electrons. The smallest absolute Gasteiger partial charge is 0.371 e. The van der Waals surface area contributed by atoms with Gasteiger partial charge in [0.1, 0.15) is 11.1 Å². The standard InChI is InChI=1S/C20H17ClF3N5O2/c1-12(18(30)26-9-13-5-3-2-4-6-13)28-15-11-27-29(19(31)17(15)21)16-8-7-14(10-25-16)20(22,23)24/h2-8,10-12,28H,9H2,1H3,(H,26,30). The Kier molecular flexibility index (Phi) is 6.59.